The van der Waals surface area contributed by atoms with Crippen molar-refractivity contribution in [1.82, 2.24) is 0 Å². The van der Waals surface area contributed by atoms with Gasteiger partial charge in [0.2, 0.25) is 0 Å². The van der Waals surface area contributed by atoms with E-state index in [9.17, 15) is 9.59 Å². The largest absolute Gasteiger partial charge is 0.495 e. The van der Waals surface area contributed by atoms with Crippen molar-refractivity contribution >= 4 is 56.8 Å². The molecule has 0 bridgehead atoms. The van der Waals surface area contributed by atoms with Crippen molar-refractivity contribution in [1.29, 1.82) is 0 Å². The molecule has 0 aliphatic heterocycles. The molecule has 152 valence electrons. The number of rotatable bonds is 5. The number of methoxy groups -OCH3 is 1. The van der Waals surface area contributed by atoms with Crippen molar-refractivity contribution in [2.24, 2.45) is 0 Å². The lowest BCUT2D eigenvalue weighted by molar-refractivity contribution is -0.119. The predicted octanol–water partition coefficient (Wildman–Crippen LogP) is 4.63. The highest BCUT2D eigenvalue weighted by Gasteiger charge is 2.17. The number of furan rings is 1. The van der Waals surface area contributed by atoms with Crippen LogP contribution in [0, 0.1) is 0 Å². The fourth-order valence-electron chi connectivity index (χ4n) is 3.13. The van der Waals surface area contributed by atoms with Crippen LogP contribution in [0.1, 0.15) is 10.4 Å². The Morgan fingerprint density at radius 1 is 1.07 bits per heavy atom. The monoisotopic (exact) mass is 424 g/mol. The normalized spacial score (nSPS) is 10.9. The maximum absolute atomic E-state index is 12.3. The molecule has 0 spiro atoms. The third kappa shape index (κ3) is 3.75. The molecule has 0 atom stereocenters. The smallest absolute Gasteiger partial charge is 0.340 e. The minimum absolute atomic E-state index is 0.133. The Bertz CT molecular complexity index is 1280. The number of hydrogen-bond donors (Lipinski definition) is 2. The molecule has 1 aromatic heterocycles. The number of nitrogens with one attached hydrogen (secondary N) is 1. The molecule has 0 unspecified atom stereocenters. The summed E-state index contributed by atoms with van der Waals surface area (Å²) in [6.07, 6.45) is 0. The first-order chi connectivity index (χ1) is 14.5. The number of fused-ring (bicyclic) bond motifs is 3. The first-order valence-electron chi connectivity index (χ1n) is 8.97. The van der Waals surface area contributed by atoms with Gasteiger partial charge in [-0.05, 0) is 30.3 Å². The Morgan fingerprint density at radius 2 is 1.87 bits per heavy atom. The molecule has 0 radical (unpaired) electrons. The summed E-state index contributed by atoms with van der Waals surface area (Å²) in [6.45, 7) is -0.498. The van der Waals surface area contributed by atoms with Crippen LogP contribution in [0.4, 0.5) is 11.4 Å². The number of carbonyl (C=O) groups excluding carboxylic acids is 2. The number of hydrogen-bond acceptors (Lipinski definition) is 6. The topological polar surface area (TPSA) is 104 Å². The second kappa shape index (κ2) is 7.96. The molecule has 0 aliphatic carbocycles. The number of nitrogens with two attached hydrogens (primary N) is 1. The SMILES string of the molecule is COc1cc2c(cc1NC(=O)COC(=O)c1ccc(Cl)cc1N)oc1ccccc12. The Kier molecular flexibility index (Phi) is 5.20. The first kappa shape index (κ1) is 19.6. The second-order valence-corrected chi connectivity index (χ2v) is 6.94. The average molecular weight is 425 g/mol. The second-order valence-electron chi connectivity index (χ2n) is 6.50. The highest BCUT2D eigenvalue weighted by molar-refractivity contribution is 6.31. The summed E-state index contributed by atoms with van der Waals surface area (Å²) in [5, 5.41) is 4.88. The third-order valence-electron chi connectivity index (χ3n) is 4.54. The van der Waals surface area contributed by atoms with Gasteiger partial charge < -0.3 is 24.9 Å². The minimum Gasteiger partial charge on any atom is -0.495 e. The van der Waals surface area contributed by atoms with Crippen LogP contribution in [0.3, 0.4) is 0 Å². The third-order valence-corrected chi connectivity index (χ3v) is 4.78. The van der Waals surface area contributed by atoms with E-state index >= 15 is 0 Å². The number of carbonyl (C=O) groups is 2. The van der Waals surface area contributed by atoms with E-state index in [0.717, 1.165) is 16.4 Å². The highest BCUT2D eigenvalue weighted by Crippen LogP contribution is 2.36. The van der Waals surface area contributed by atoms with Crippen LogP contribution in [0.15, 0.2) is 59.0 Å². The van der Waals surface area contributed by atoms with Crippen LogP contribution < -0.4 is 15.8 Å². The van der Waals surface area contributed by atoms with E-state index in [1.165, 1.54) is 25.3 Å². The Morgan fingerprint density at radius 3 is 2.63 bits per heavy atom. The molecular formula is C22H17ClN2O5. The summed E-state index contributed by atoms with van der Waals surface area (Å²) < 4.78 is 16.3. The number of ether oxygens (including phenoxy) is 2. The van der Waals surface area contributed by atoms with Crippen LogP contribution >= 0.6 is 11.6 Å². The summed E-state index contributed by atoms with van der Waals surface area (Å²) >= 11 is 5.82. The van der Waals surface area contributed by atoms with Crippen molar-refractivity contribution in [2.45, 2.75) is 0 Å². The standard InChI is InChI=1S/C22H17ClN2O5/c1-28-20-9-15-13-4-2-3-5-18(13)30-19(15)10-17(20)25-21(26)11-29-22(27)14-7-6-12(23)8-16(14)24/h2-10H,11,24H2,1H3,(H,25,26). The Balaban J connectivity index is 1.51. The minimum atomic E-state index is -0.723. The number of anilines is 2. The molecule has 0 saturated carbocycles. The van der Waals surface area contributed by atoms with E-state index in [0.29, 0.717) is 22.0 Å². The van der Waals surface area contributed by atoms with Gasteiger partial charge in [-0.2, -0.15) is 0 Å². The molecule has 0 aliphatic rings. The van der Waals surface area contributed by atoms with Gasteiger partial charge in [-0.15, -0.1) is 0 Å². The van der Waals surface area contributed by atoms with Gasteiger partial charge in [0.1, 0.15) is 16.9 Å². The maximum atomic E-state index is 12.3. The van der Waals surface area contributed by atoms with Gasteiger partial charge in [0.15, 0.2) is 6.61 Å². The van der Waals surface area contributed by atoms with E-state index in [1.807, 2.05) is 24.3 Å². The van der Waals surface area contributed by atoms with Gasteiger partial charge in [-0.1, -0.05) is 29.8 Å². The lowest BCUT2D eigenvalue weighted by atomic mass is 10.1. The number of esters is 1. The van der Waals surface area contributed by atoms with E-state index in [-0.39, 0.29) is 11.3 Å². The number of nitrogen functional groups attached to an aromatic ring is 1. The number of halogens is 1. The van der Waals surface area contributed by atoms with Crippen LogP contribution in [-0.4, -0.2) is 25.6 Å². The summed E-state index contributed by atoms with van der Waals surface area (Å²) in [5.41, 5.74) is 7.79. The highest BCUT2D eigenvalue weighted by atomic mass is 35.5. The van der Waals surface area contributed by atoms with E-state index in [1.54, 1.807) is 12.1 Å². The summed E-state index contributed by atoms with van der Waals surface area (Å²) in [6, 6.07) is 15.5. The average Bonchev–Trinajstić information content (AvgIpc) is 3.08. The van der Waals surface area contributed by atoms with Crippen LogP contribution in [0.5, 0.6) is 5.75 Å². The van der Waals surface area contributed by atoms with Crippen molar-refractivity contribution in [3.8, 4) is 5.75 Å². The van der Waals surface area contributed by atoms with Gasteiger partial charge in [0, 0.05) is 27.5 Å². The molecule has 3 aromatic carbocycles. The van der Waals surface area contributed by atoms with Gasteiger partial charge in [-0.3, -0.25) is 4.79 Å². The van der Waals surface area contributed by atoms with Crippen molar-refractivity contribution in [3.05, 3.63) is 65.2 Å². The summed E-state index contributed by atoms with van der Waals surface area (Å²) in [5.74, 6) is -0.806. The maximum Gasteiger partial charge on any atom is 0.340 e. The zero-order valence-corrected chi connectivity index (χ0v) is 16.7. The molecule has 4 rings (SSSR count). The molecule has 4 aromatic rings. The summed E-state index contributed by atoms with van der Waals surface area (Å²) in [4.78, 5) is 24.5. The fourth-order valence-corrected chi connectivity index (χ4v) is 3.31. The molecule has 0 saturated heterocycles. The van der Waals surface area contributed by atoms with Crippen LogP contribution in [0.25, 0.3) is 21.9 Å². The van der Waals surface area contributed by atoms with Gasteiger partial charge >= 0.3 is 5.97 Å². The number of benzene rings is 3. The number of amides is 1. The van der Waals surface area contributed by atoms with Crippen molar-refractivity contribution in [2.75, 3.05) is 24.8 Å². The van der Waals surface area contributed by atoms with Gasteiger partial charge in [0.25, 0.3) is 5.91 Å². The van der Waals surface area contributed by atoms with Gasteiger partial charge in [0.05, 0.1) is 18.4 Å². The molecule has 1 heterocycles. The Hall–Kier alpha value is -3.71. The van der Waals surface area contributed by atoms with Crippen LogP contribution in [0.2, 0.25) is 5.02 Å². The van der Waals surface area contributed by atoms with Crippen molar-refractivity contribution < 1.29 is 23.5 Å². The zero-order valence-electron chi connectivity index (χ0n) is 15.9. The zero-order chi connectivity index (χ0) is 21.3. The lowest BCUT2D eigenvalue weighted by Gasteiger charge is -2.11. The van der Waals surface area contributed by atoms with E-state index < -0.39 is 18.5 Å². The first-order valence-corrected chi connectivity index (χ1v) is 9.35. The van der Waals surface area contributed by atoms with Gasteiger partial charge in [-0.25, -0.2) is 4.79 Å². The van der Waals surface area contributed by atoms with Crippen LogP contribution in [-0.2, 0) is 9.53 Å². The molecule has 1 amide bonds. The predicted molar refractivity (Wildman–Crippen MR) is 115 cm³/mol. The van der Waals surface area contributed by atoms with E-state index in [2.05, 4.69) is 5.32 Å². The molecule has 30 heavy (non-hydrogen) atoms. The molecule has 7 nitrogen and oxygen atoms in total. The molecule has 0 fully saturated rings. The van der Waals surface area contributed by atoms with Crippen molar-refractivity contribution in [3.63, 3.8) is 0 Å². The quantitative estimate of drug-likeness (QED) is 0.357. The lowest BCUT2D eigenvalue weighted by Crippen LogP contribution is -2.21. The Labute approximate surface area is 176 Å². The molecule has 8 heteroatoms. The molecule has 3 N–H and O–H groups in total. The van der Waals surface area contributed by atoms with E-state index in [4.69, 9.17) is 31.2 Å². The molecular weight excluding hydrogens is 408 g/mol. The summed E-state index contributed by atoms with van der Waals surface area (Å²) in [7, 11) is 1.50. The fraction of sp³-hybridized carbons (Fsp3) is 0.0909. The number of para-hydroxylation sites is 1.